The van der Waals surface area contributed by atoms with Crippen molar-refractivity contribution in [3.8, 4) is 5.75 Å². The van der Waals surface area contributed by atoms with Crippen molar-refractivity contribution >= 4 is 23.8 Å². The Hall–Kier alpha value is -3.36. The highest BCUT2D eigenvalue weighted by Crippen LogP contribution is 2.24. The molecule has 32 heavy (non-hydrogen) atoms. The molecule has 2 N–H and O–H groups in total. The number of nitrogens with zero attached hydrogens (tertiary/aromatic N) is 4. The minimum Gasteiger partial charge on any atom is -0.480 e. The van der Waals surface area contributed by atoms with Crippen LogP contribution in [0.1, 0.15) is 37.7 Å². The highest BCUT2D eigenvalue weighted by atomic mass is 16.6. The molecule has 2 aromatic rings. The van der Waals surface area contributed by atoms with Crippen molar-refractivity contribution in [1.82, 2.24) is 14.9 Å². The Balaban J connectivity index is 1.65. The van der Waals surface area contributed by atoms with Crippen molar-refractivity contribution in [2.24, 2.45) is 0 Å². The molecule has 1 heterocycles. The van der Waals surface area contributed by atoms with Gasteiger partial charge in [-0.05, 0) is 36.6 Å². The van der Waals surface area contributed by atoms with E-state index in [4.69, 9.17) is 4.74 Å². The van der Waals surface area contributed by atoms with Gasteiger partial charge >= 0.3 is 12.1 Å². The zero-order valence-corrected chi connectivity index (χ0v) is 18.8. The van der Waals surface area contributed by atoms with Crippen molar-refractivity contribution in [2.45, 2.75) is 50.6 Å². The molecule has 0 radical (unpaired) electrons. The van der Waals surface area contributed by atoms with Gasteiger partial charge in [-0.15, -0.1) is 0 Å². The minimum absolute atomic E-state index is 0.245. The molecule has 0 aliphatic heterocycles. The van der Waals surface area contributed by atoms with Crippen LogP contribution in [0.4, 0.5) is 16.6 Å². The van der Waals surface area contributed by atoms with Gasteiger partial charge < -0.3 is 25.0 Å². The summed E-state index contributed by atoms with van der Waals surface area (Å²) in [7, 11) is 5.20. The molecule has 1 aliphatic rings. The molecule has 1 atom stereocenters. The Morgan fingerprint density at radius 1 is 1.12 bits per heavy atom. The summed E-state index contributed by atoms with van der Waals surface area (Å²) >= 11 is 0. The Labute approximate surface area is 188 Å². The average molecular weight is 442 g/mol. The number of aliphatic carboxylic acids is 1. The molecule has 0 unspecified atom stereocenters. The van der Waals surface area contributed by atoms with E-state index in [0.29, 0.717) is 23.6 Å². The van der Waals surface area contributed by atoms with Gasteiger partial charge in [0.2, 0.25) is 5.95 Å². The lowest BCUT2D eigenvalue weighted by molar-refractivity contribution is -0.137. The molecular weight excluding hydrogens is 410 g/mol. The number of carboxylic acid groups (broad SMARTS) is 1. The molecule has 3 rings (SSSR count). The summed E-state index contributed by atoms with van der Waals surface area (Å²) in [6.45, 7) is 0. The van der Waals surface area contributed by atoms with Gasteiger partial charge in [0, 0.05) is 39.8 Å². The number of hydrogen-bond donors (Lipinski definition) is 2. The third-order valence-electron chi connectivity index (χ3n) is 5.63. The zero-order valence-electron chi connectivity index (χ0n) is 18.8. The lowest BCUT2D eigenvalue weighted by atomic mass is 9.95. The Morgan fingerprint density at radius 2 is 1.81 bits per heavy atom. The number of carbonyl (C=O) groups is 2. The molecular formula is C23H31N5O4. The Bertz CT molecular complexity index is 913. The third-order valence-corrected chi connectivity index (χ3v) is 5.63. The minimum atomic E-state index is -0.978. The van der Waals surface area contributed by atoms with Crippen LogP contribution in [0.5, 0.6) is 5.75 Å². The second-order valence-corrected chi connectivity index (χ2v) is 8.29. The van der Waals surface area contributed by atoms with E-state index in [0.717, 1.165) is 18.4 Å². The maximum Gasteiger partial charge on any atom is 0.414 e. The molecule has 1 aliphatic carbocycles. The number of hydrogen-bond acceptors (Lipinski definition) is 7. The summed E-state index contributed by atoms with van der Waals surface area (Å²) in [6.07, 6.45) is 7.35. The molecule has 1 fully saturated rings. The van der Waals surface area contributed by atoms with Crippen molar-refractivity contribution in [3.63, 3.8) is 0 Å². The Morgan fingerprint density at radius 3 is 2.44 bits per heavy atom. The van der Waals surface area contributed by atoms with Gasteiger partial charge in [0.05, 0.1) is 0 Å². The summed E-state index contributed by atoms with van der Waals surface area (Å²) in [5, 5.41) is 12.7. The molecule has 0 spiro atoms. The monoisotopic (exact) mass is 441 g/mol. The lowest BCUT2D eigenvalue weighted by Gasteiger charge is -2.31. The van der Waals surface area contributed by atoms with E-state index >= 15 is 0 Å². The van der Waals surface area contributed by atoms with Gasteiger partial charge in [-0.2, -0.15) is 4.98 Å². The van der Waals surface area contributed by atoms with Crippen LogP contribution in [-0.4, -0.2) is 65.3 Å². The SMILES string of the molecule is CN(C)C(=O)Oc1ccc(C[C@H](Nc2ccnc(N(C)C3CCCCC3)n2)C(=O)O)cc1. The number of aromatic nitrogens is 2. The molecule has 0 saturated heterocycles. The van der Waals surface area contributed by atoms with E-state index in [1.807, 2.05) is 7.05 Å². The van der Waals surface area contributed by atoms with Gasteiger partial charge in [0.25, 0.3) is 0 Å². The van der Waals surface area contributed by atoms with E-state index in [2.05, 4.69) is 20.2 Å². The van der Waals surface area contributed by atoms with E-state index in [9.17, 15) is 14.7 Å². The van der Waals surface area contributed by atoms with Gasteiger partial charge in [-0.1, -0.05) is 31.4 Å². The number of carbonyl (C=O) groups excluding carboxylic acids is 1. The van der Waals surface area contributed by atoms with Gasteiger partial charge in [-0.3, -0.25) is 0 Å². The predicted molar refractivity (Wildman–Crippen MR) is 122 cm³/mol. The molecule has 172 valence electrons. The van der Waals surface area contributed by atoms with Crippen LogP contribution in [-0.2, 0) is 11.2 Å². The van der Waals surface area contributed by atoms with Crippen LogP contribution in [0.15, 0.2) is 36.5 Å². The fourth-order valence-electron chi connectivity index (χ4n) is 3.73. The van der Waals surface area contributed by atoms with Crippen LogP contribution in [0.25, 0.3) is 0 Å². The highest BCUT2D eigenvalue weighted by Gasteiger charge is 2.22. The van der Waals surface area contributed by atoms with Gasteiger partial charge in [-0.25, -0.2) is 14.6 Å². The van der Waals surface area contributed by atoms with E-state index < -0.39 is 18.1 Å². The third kappa shape index (κ3) is 6.32. The van der Waals surface area contributed by atoms with Crippen molar-refractivity contribution in [1.29, 1.82) is 0 Å². The maximum absolute atomic E-state index is 11.9. The largest absolute Gasteiger partial charge is 0.480 e. The highest BCUT2D eigenvalue weighted by molar-refractivity contribution is 5.77. The van der Waals surface area contributed by atoms with E-state index in [1.54, 1.807) is 50.6 Å². The summed E-state index contributed by atoms with van der Waals surface area (Å²) in [6, 6.07) is 8.02. The molecule has 9 nitrogen and oxygen atoms in total. The van der Waals surface area contributed by atoms with Crippen LogP contribution in [0, 0.1) is 0 Å². The van der Waals surface area contributed by atoms with Gasteiger partial charge in [0.1, 0.15) is 17.6 Å². The lowest BCUT2D eigenvalue weighted by Crippen LogP contribution is -2.35. The maximum atomic E-state index is 11.9. The zero-order chi connectivity index (χ0) is 23.1. The number of anilines is 2. The molecule has 1 saturated carbocycles. The van der Waals surface area contributed by atoms with Crippen molar-refractivity contribution < 1.29 is 19.4 Å². The van der Waals surface area contributed by atoms with E-state index in [1.165, 1.54) is 24.2 Å². The molecule has 1 amide bonds. The van der Waals surface area contributed by atoms with Crippen LogP contribution in [0.2, 0.25) is 0 Å². The summed E-state index contributed by atoms with van der Waals surface area (Å²) in [4.78, 5) is 35.9. The number of ether oxygens (including phenoxy) is 1. The predicted octanol–water partition coefficient (Wildman–Crippen LogP) is 3.41. The first-order chi connectivity index (χ1) is 15.3. The standard InChI is InChI=1S/C23H31N5O4/c1-27(2)23(31)32-18-11-9-16(10-12-18)15-19(21(29)30)25-20-13-14-24-22(26-20)28(3)17-7-5-4-6-8-17/h9-14,17,19H,4-8,15H2,1-3H3,(H,29,30)(H,24,25,26)/t19-/m0/s1. The normalized spacial score (nSPS) is 15.0. The Kier molecular flexibility index (Phi) is 7.86. The average Bonchev–Trinajstić information content (AvgIpc) is 2.80. The summed E-state index contributed by atoms with van der Waals surface area (Å²) in [5.74, 6) is 0.493. The topological polar surface area (TPSA) is 108 Å². The molecule has 1 aromatic carbocycles. The first-order valence-electron chi connectivity index (χ1n) is 10.9. The number of amides is 1. The van der Waals surface area contributed by atoms with Gasteiger partial charge in [0.15, 0.2) is 0 Å². The first kappa shape index (κ1) is 23.3. The fraction of sp³-hybridized carbons (Fsp3) is 0.478. The quantitative estimate of drug-likeness (QED) is 0.642. The van der Waals surface area contributed by atoms with Crippen molar-refractivity contribution in [2.75, 3.05) is 31.4 Å². The number of carboxylic acids is 1. The summed E-state index contributed by atoms with van der Waals surface area (Å²) in [5.41, 5.74) is 0.795. The number of benzene rings is 1. The second kappa shape index (κ2) is 10.8. The smallest absolute Gasteiger partial charge is 0.414 e. The van der Waals surface area contributed by atoms with E-state index in [-0.39, 0.29) is 6.42 Å². The fourth-order valence-corrected chi connectivity index (χ4v) is 3.73. The molecule has 9 heteroatoms. The molecule has 1 aromatic heterocycles. The van der Waals surface area contributed by atoms with Crippen LogP contribution in [0.3, 0.4) is 0 Å². The number of rotatable bonds is 8. The summed E-state index contributed by atoms with van der Waals surface area (Å²) < 4.78 is 5.20. The van der Waals surface area contributed by atoms with Crippen LogP contribution < -0.4 is 15.0 Å². The number of nitrogens with one attached hydrogen (secondary N) is 1. The second-order valence-electron chi connectivity index (χ2n) is 8.29. The molecule has 0 bridgehead atoms. The van der Waals surface area contributed by atoms with Crippen LogP contribution >= 0.6 is 0 Å². The first-order valence-corrected chi connectivity index (χ1v) is 10.9. The van der Waals surface area contributed by atoms with Crippen molar-refractivity contribution in [3.05, 3.63) is 42.1 Å².